The van der Waals surface area contributed by atoms with Crippen LogP contribution in [0.3, 0.4) is 0 Å². The third-order valence-electron chi connectivity index (χ3n) is 3.70. The summed E-state index contributed by atoms with van der Waals surface area (Å²) in [4.78, 5) is 26.7. The molecule has 2 aromatic rings. The topological polar surface area (TPSA) is 46.6 Å². The van der Waals surface area contributed by atoms with E-state index >= 15 is 0 Å². The summed E-state index contributed by atoms with van der Waals surface area (Å²) >= 11 is 18.3. The average molecular weight is 411 g/mol. The Labute approximate surface area is 165 Å². The standard InChI is InChI=1S/C19H14Cl3NO3/c1-10(2)26-15-6-4-3-5-14(15)23-18(24)16(17(22)19(23)25)12-8-7-11(20)9-13(12)21/h3-10H,1-2H3. The number of imide groups is 1. The maximum atomic E-state index is 13.0. The molecule has 7 heteroatoms. The van der Waals surface area contributed by atoms with Crippen molar-refractivity contribution in [1.29, 1.82) is 0 Å². The molecule has 4 nitrogen and oxygen atoms in total. The van der Waals surface area contributed by atoms with E-state index < -0.39 is 11.8 Å². The first-order valence-electron chi connectivity index (χ1n) is 7.81. The molecule has 134 valence electrons. The van der Waals surface area contributed by atoms with Gasteiger partial charge in [0.1, 0.15) is 10.8 Å². The van der Waals surface area contributed by atoms with Crippen LogP contribution in [0.4, 0.5) is 5.69 Å². The van der Waals surface area contributed by atoms with E-state index in [0.29, 0.717) is 22.0 Å². The van der Waals surface area contributed by atoms with Crippen molar-refractivity contribution in [3.05, 3.63) is 63.1 Å². The summed E-state index contributed by atoms with van der Waals surface area (Å²) in [6, 6.07) is 11.4. The van der Waals surface area contributed by atoms with E-state index in [2.05, 4.69) is 0 Å². The summed E-state index contributed by atoms with van der Waals surface area (Å²) in [6.07, 6.45) is -0.127. The summed E-state index contributed by atoms with van der Waals surface area (Å²) < 4.78 is 5.72. The van der Waals surface area contributed by atoms with E-state index in [-0.39, 0.29) is 21.7 Å². The molecule has 0 saturated heterocycles. The van der Waals surface area contributed by atoms with Crippen LogP contribution >= 0.6 is 34.8 Å². The van der Waals surface area contributed by atoms with Gasteiger partial charge in [-0.1, -0.05) is 53.0 Å². The van der Waals surface area contributed by atoms with E-state index in [1.165, 1.54) is 6.07 Å². The predicted molar refractivity (Wildman–Crippen MR) is 104 cm³/mol. The van der Waals surface area contributed by atoms with Crippen LogP contribution in [0.15, 0.2) is 47.5 Å². The monoisotopic (exact) mass is 409 g/mol. The largest absolute Gasteiger partial charge is 0.489 e. The normalized spacial score (nSPS) is 14.6. The van der Waals surface area contributed by atoms with Crippen LogP contribution in [0.1, 0.15) is 19.4 Å². The molecule has 0 bridgehead atoms. The number of hydrogen-bond donors (Lipinski definition) is 0. The van der Waals surface area contributed by atoms with Gasteiger partial charge in [-0.3, -0.25) is 9.59 Å². The lowest BCUT2D eigenvalue weighted by Crippen LogP contribution is -2.31. The van der Waals surface area contributed by atoms with Gasteiger partial charge in [0.2, 0.25) is 0 Å². The van der Waals surface area contributed by atoms with Crippen molar-refractivity contribution < 1.29 is 14.3 Å². The molecule has 1 aliphatic heterocycles. The molecule has 0 N–H and O–H groups in total. The molecule has 1 aliphatic rings. The first-order chi connectivity index (χ1) is 12.3. The number of para-hydroxylation sites is 2. The van der Waals surface area contributed by atoms with E-state index in [9.17, 15) is 9.59 Å². The van der Waals surface area contributed by atoms with Crippen LogP contribution in [0.25, 0.3) is 5.57 Å². The zero-order valence-electron chi connectivity index (χ0n) is 13.9. The first kappa shape index (κ1) is 18.8. The van der Waals surface area contributed by atoms with Gasteiger partial charge >= 0.3 is 0 Å². The molecule has 0 radical (unpaired) electrons. The number of halogens is 3. The summed E-state index contributed by atoms with van der Waals surface area (Å²) in [6.45, 7) is 3.71. The number of benzene rings is 2. The van der Waals surface area contributed by atoms with Gasteiger partial charge in [-0.15, -0.1) is 0 Å². The summed E-state index contributed by atoms with van der Waals surface area (Å²) in [5, 5.41) is 0.457. The SMILES string of the molecule is CC(C)Oc1ccccc1N1C(=O)C(Cl)=C(c2ccc(Cl)cc2Cl)C1=O. The molecule has 2 aromatic carbocycles. The van der Waals surface area contributed by atoms with Gasteiger partial charge in [0.25, 0.3) is 11.8 Å². The van der Waals surface area contributed by atoms with Crippen LogP contribution in [-0.2, 0) is 9.59 Å². The van der Waals surface area contributed by atoms with Gasteiger partial charge in [-0.2, -0.15) is 0 Å². The highest BCUT2D eigenvalue weighted by Gasteiger charge is 2.41. The summed E-state index contributed by atoms with van der Waals surface area (Å²) in [5.74, 6) is -0.779. The number of carbonyl (C=O) groups excluding carboxylic acids is 2. The molecule has 0 saturated carbocycles. The second-order valence-electron chi connectivity index (χ2n) is 5.89. The zero-order valence-corrected chi connectivity index (χ0v) is 16.2. The van der Waals surface area contributed by atoms with Gasteiger partial charge < -0.3 is 4.74 Å². The minimum Gasteiger partial charge on any atom is -0.489 e. The Morgan fingerprint density at radius 1 is 0.962 bits per heavy atom. The molecule has 1 heterocycles. The van der Waals surface area contributed by atoms with Gasteiger partial charge in [0, 0.05) is 10.6 Å². The number of rotatable bonds is 4. The smallest absolute Gasteiger partial charge is 0.277 e. The second-order valence-corrected chi connectivity index (χ2v) is 7.11. The van der Waals surface area contributed by atoms with Crippen LogP contribution < -0.4 is 9.64 Å². The van der Waals surface area contributed by atoms with Crippen molar-refractivity contribution in [3.8, 4) is 5.75 Å². The Balaban J connectivity index is 2.07. The third-order valence-corrected chi connectivity index (χ3v) is 4.60. The fourth-order valence-electron chi connectivity index (χ4n) is 2.64. The molecular formula is C19H14Cl3NO3. The minimum atomic E-state index is -0.627. The van der Waals surface area contributed by atoms with Crippen LogP contribution in [0.5, 0.6) is 5.75 Å². The van der Waals surface area contributed by atoms with Crippen LogP contribution in [0, 0.1) is 0 Å². The first-order valence-corrected chi connectivity index (χ1v) is 8.94. The van der Waals surface area contributed by atoms with Gasteiger partial charge in [0.15, 0.2) is 0 Å². The highest BCUT2D eigenvalue weighted by molar-refractivity contribution is 6.61. The molecule has 0 atom stereocenters. The molecule has 0 aromatic heterocycles. The Kier molecular flexibility index (Phi) is 5.28. The van der Waals surface area contributed by atoms with E-state index in [0.717, 1.165) is 4.90 Å². The van der Waals surface area contributed by atoms with Crippen LogP contribution in [-0.4, -0.2) is 17.9 Å². The maximum absolute atomic E-state index is 13.0. The maximum Gasteiger partial charge on any atom is 0.277 e. The molecule has 0 spiro atoms. The number of carbonyl (C=O) groups is 2. The van der Waals surface area contributed by atoms with Crippen molar-refractivity contribution >= 4 is 57.9 Å². The Morgan fingerprint density at radius 2 is 1.65 bits per heavy atom. The van der Waals surface area contributed by atoms with Crippen molar-refractivity contribution in [2.24, 2.45) is 0 Å². The Morgan fingerprint density at radius 3 is 2.31 bits per heavy atom. The van der Waals surface area contributed by atoms with E-state index in [4.69, 9.17) is 39.5 Å². The zero-order chi connectivity index (χ0) is 19.0. The lowest BCUT2D eigenvalue weighted by Gasteiger charge is -2.20. The average Bonchev–Trinajstić information content (AvgIpc) is 2.78. The lowest BCUT2D eigenvalue weighted by atomic mass is 10.1. The highest BCUT2D eigenvalue weighted by Crippen LogP contribution is 2.40. The number of amides is 2. The molecule has 2 amide bonds. The summed E-state index contributed by atoms with van der Waals surface area (Å²) in [5.41, 5.74) is 0.719. The Bertz CT molecular complexity index is 937. The number of anilines is 1. The molecule has 3 rings (SSSR count). The number of ether oxygens (including phenoxy) is 1. The number of nitrogens with zero attached hydrogens (tertiary/aromatic N) is 1. The fourth-order valence-corrected chi connectivity index (χ4v) is 3.41. The molecule has 26 heavy (non-hydrogen) atoms. The van der Waals surface area contributed by atoms with Gasteiger partial charge in [0.05, 0.1) is 22.4 Å². The van der Waals surface area contributed by atoms with Gasteiger partial charge in [-0.05, 0) is 38.1 Å². The van der Waals surface area contributed by atoms with Crippen LogP contribution in [0.2, 0.25) is 10.0 Å². The van der Waals surface area contributed by atoms with E-state index in [1.807, 2.05) is 13.8 Å². The minimum absolute atomic E-state index is 0.0395. The molecule has 0 unspecified atom stereocenters. The van der Waals surface area contributed by atoms with Crippen molar-refractivity contribution in [2.45, 2.75) is 20.0 Å². The third kappa shape index (κ3) is 3.32. The quantitative estimate of drug-likeness (QED) is 0.642. The molecular weight excluding hydrogens is 397 g/mol. The van der Waals surface area contributed by atoms with Crippen molar-refractivity contribution in [1.82, 2.24) is 0 Å². The second kappa shape index (κ2) is 7.31. The van der Waals surface area contributed by atoms with Gasteiger partial charge in [-0.25, -0.2) is 4.90 Å². The molecule has 0 fully saturated rings. The van der Waals surface area contributed by atoms with E-state index in [1.54, 1.807) is 36.4 Å². The number of hydrogen-bond acceptors (Lipinski definition) is 3. The van der Waals surface area contributed by atoms with Crippen molar-refractivity contribution in [2.75, 3.05) is 4.90 Å². The highest BCUT2D eigenvalue weighted by atomic mass is 35.5. The fraction of sp³-hybridized carbons (Fsp3) is 0.158. The predicted octanol–water partition coefficient (Wildman–Crippen LogP) is 5.30. The lowest BCUT2D eigenvalue weighted by molar-refractivity contribution is -0.119. The summed E-state index contributed by atoms with van der Waals surface area (Å²) in [7, 11) is 0. The molecule has 0 aliphatic carbocycles. The Hall–Kier alpha value is -2.01. The van der Waals surface area contributed by atoms with Crippen molar-refractivity contribution in [3.63, 3.8) is 0 Å².